The Balaban J connectivity index is 2.43. The summed E-state index contributed by atoms with van der Waals surface area (Å²) in [7, 11) is 1.70. The molecule has 0 radical (unpaired) electrons. The van der Waals surface area contributed by atoms with Gasteiger partial charge >= 0.3 is 0 Å². The number of hydrogen-bond acceptors (Lipinski definition) is 3. The first-order valence-electron chi connectivity index (χ1n) is 6.87. The van der Waals surface area contributed by atoms with Crippen LogP contribution in [0.5, 0.6) is 0 Å². The highest BCUT2D eigenvalue weighted by atomic mass is 16.2. The van der Waals surface area contributed by atoms with Crippen molar-refractivity contribution in [1.29, 1.82) is 5.26 Å². The number of carbonyl (C=O) groups is 1. The van der Waals surface area contributed by atoms with Gasteiger partial charge in [0.15, 0.2) is 0 Å². The smallest absolute Gasteiger partial charge is 0.237 e. The molecule has 18 heavy (non-hydrogen) atoms. The lowest BCUT2D eigenvalue weighted by atomic mass is 9.89. The van der Waals surface area contributed by atoms with Gasteiger partial charge in [-0.15, -0.1) is 0 Å². The van der Waals surface area contributed by atoms with Crippen molar-refractivity contribution in [3.05, 3.63) is 0 Å². The summed E-state index contributed by atoms with van der Waals surface area (Å²) in [5.41, 5.74) is -0.252. The number of likely N-dealkylation sites (N-methyl/N-ethyl adjacent to an activating group) is 1. The summed E-state index contributed by atoms with van der Waals surface area (Å²) in [5.74, 6) is 0.134. The van der Waals surface area contributed by atoms with Crippen molar-refractivity contribution >= 4 is 5.91 Å². The molecule has 1 rings (SSSR count). The SMILES string of the molecule is CNC(=O)C1CCCCN1CCCC(C)(C)C#N. The molecule has 4 nitrogen and oxygen atoms in total. The van der Waals surface area contributed by atoms with Crippen molar-refractivity contribution in [2.24, 2.45) is 5.41 Å². The molecule has 1 fully saturated rings. The zero-order valence-corrected chi connectivity index (χ0v) is 11.8. The number of likely N-dealkylation sites (tertiary alicyclic amines) is 1. The summed E-state index contributed by atoms with van der Waals surface area (Å²) < 4.78 is 0. The molecule has 1 heterocycles. The Morgan fingerprint density at radius 2 is 2.22 bits per heavy atom. The van der Waals surface area contributed by atoms with Gasteiger partial charge in [-0.1, -0.05) is 6.42 Å². The molecule has 0 aromatic rings. The van der Waals surface area contributed by atoms with Crippen molar-refractivity contribution < 1.29 is 4.79 Å². The third kappa shape index (κ3) is 4.30. The average Bonchev–Trinajstić information content (AvgIpc) is 2.38. The molecular weight excluding hydrogens is 226 g/mol. The number of hydrogen-bond donors (Lipinski definition) is 1. The minimum Gasteiger partial charge on any atom is -0.358 e. The van der Waals surface area contributed by atoms with Gasteiger partial charge in [-0.25, -0.2) is 0 Å². The second-order valence-corrected chi connectivity index (χ2v) is 5.76. The van der Waals surface area contributed by atoms with Crippen LogP contribution in [0.3, 0.4) is 0 Å². The van der Waals surface area contributed by atoms with Crippen LogP contribution in [0, 0.1) is 16.7 Å². The first-order chi connectivity index (χ1) is 8.50. The van der Waals surface area contributed by atoms with Crippen molar-refractivity contribution in [3.8, 4) is 6.07 Å². The predicted octanol–water partition coefficient (Wildman–Crippen LogP) is 1.92. The molecule has 0 spiro atoms. The third-order valence-corrected chi connectivity index (χ3v) is 3.71. The first-order valence-corrected chi connectivity index (χ1v) is 6.87. The molecule has 0 aromatic heterocycles. The van der Waals surface area contributed by atoms with Crippen LogP contribution >= 0.6 is 0 Å². The van der Waals surface area contributed by atoms with Crippen molar-refractivity contribution in [1.82, 2.24) is 10.2 Å². The molecule has 0 aromatic carbocycles. The van der Waals surface area contributed by atoms with Crippen molar-refractivity contribution in [3.63, 3.8) is 0 Å². The summed E-state index contributed by atoms with van der Waals surface area (Å²) in [4.78, 5) is 14.1. The van der Waals surface area contributed by atoms with Gasteiger partial charge in [0.25, 0.3) is 0 Å². The van der Waals surface area contributed by atoms with E-state index in [9.17, 15) is 4.79 Å². The number of piperidine rings is 1. The Hall–Kier alpha value is -1.08. The van der Waals surface area contributed by atoms with E-state index in [0.717, 1.165) is 38.8 Å². The molecule has 1 N–H and O–H groups in total. The summed E-state index contributed by atoms with van der Waals surface area (Å²) in [5, 5.41) is 11.7. The number of nitriles is 1. The molecular formula is C14H25N3O. The van der Waals surface area contributed by atoms with Crippen LogP contribution in [-0.2, 0) is 4.79 Å². The van der Waals surface area contributed by atoms with E-state index in [1.54, 1.807) is 7.05 Å². The number of rotatable bonds is 5. The van der Waals surface area contributed by atoms with Crippen LogP contribution in [0.25, 0.3) is 0 Å². The van der Waals surface area contributed by atoms with Gasteiger partial charge in [-0.2, -0.15) is 5.26 Å². The first kappa shape index (κ1) is 15.0. The lowest BCUT2D eigenvalue weighted by Crippen LogP contribution is -2.49. The summed E-state index contributed by atoms with van der Waals surface area (Å²) >= 11 is 0. The minimum absolute atomic E-state index is 0.0361. The number of amides is 1. The van der Waals surface area contributed by atoms with Gasteiger partial charge in [0.05, 0.1) is 17.5 Å². The maximum atomic E-state index is 11.8. The maximum absolute atomic E-state index is 11.8. The Morgan fingerprint density at radius 3 is 2.83 bits per heavy atom. The lowest BCUT2D eigenvalue weighted by Gasteiger charge is -2.34. The van der Waals surface area contributed by atoms with E-state index in [4.69, 9.17) is 5.26 Å². The maximum Gasteiger partial charge on any atom is 0.237 e. The summed E-state index contributed by atoms with van der Waals surface area (Å²) in [6.07, 6.45) is 5.14. The Labute approximate surface area is 110 Å². The quantitative estimate of drug-likeness (QED) is 0.812. The van der Waals surface area contributed by atoms with Gasteiger partial charge in [-0.05, 0) is 52.6 Å². The average molecular weight is 251 g/mol. The highest BCUT2D eigenvalue weighted by Crippen LogP contribution is 2.23. The molecule has 1 saturated heterocycles. The van der Waals surface area contributed by atoms with E-state index in [0.29, 0.717) is 0 Å². The number of nitrogens with one attached hydrogen (secondary N) is 1. The highest BCUT2D eigenvalue weighted by Gasteiger charge is 2.28. The molecule has 1 atom stereocenters. The molecule has 0 bridgehead atoms. The van der Waals surface area contributed by atoms with Gasteiger partial charge in [0.1, 0.15) is 0 Å². The fourth-order valence-corrected chi connectivity index (χ4v) is 2.50. The van der Waals surface area contributed by atoms with Crippen LogP contribution in [0.15, 0.2) is 0 Å². The minimum atomic E-state index is -0.252. The standard InChI is InChI=1S/C14H25N3O/c1-14(2,11-15)8-6-10-17-9-5-4-7-12(17)13(18)16-3/h12H,4-10H2,1-3H3,(H,16,18). The molecule has 1 aliphatic rings. The van der Waals surface area contributed by atoms with E-state index >= 15 is 0 Å². The monoisotopic (exact) mass is 251 g/mol. The van der Waals surface area contributed by atoms with Crippen LogP contribution in [0.2, 0.25) is 0 Å². The zero-order chi connectivity index (χ0) is 13.6. The summed E-state index contributed by atoms with van der Waals surface area (Å²) in [6, 6.07) is 2.36. The van der Waals surface area contributed by atoms with Crippen molar-refractivity contribution in [2.45, 2.75) is 52.0 Å². The van der Waals surface area contributed by atoms with E-state index in [2.05, 4.69) is 16.3 Å². The Morgan fingerprint density at radius 1 is 1.50 bits per heavy atom. The van der Waals surface area contributed by atoms with Gasteiger partial charge in [0, 0.05) is 7.05 Å². The molecule has 1 amide bonds. The second-order valence-electron chi connectivity index (χ2n) is 5.76. The number of nitrogens with zero attached hydrogens (tertiary/aromatic N) is 2. The number of carbonyl (C=O) groups excluding carboxylic acids is 1. The fraction of sp³-hybridized carbons (Fsp3) is 0.857. The fourth-order valence-electron chi connectivity index (χ4n) is 2.50. The largest absolute Gasteiger partial charge is 0.358 e. The molecule has 1 aliphatic heterocycles. The molecule has 1 unspecified atom stereocenters. The topological polar surface area (TPSA) is 56.1 Å². The zero-order valence-electron chi connectivity index (χ0n) is 11.8. The van der Waals surface area contributed by atoms with E-state index in [-0.39, 0.29) is 17.4 Å². The van der Waals surface area contributed by atoms with Crippen LogP contribution < -0.4 is 5.32 Å². The Bertz CT molecular complexity index is 319. The molecule has 4 heteroatoms. The lowest BCUT2D eigenvalue weighted by molar-refractivity contribution is -0.127. The Kier molecular flexibility index (Phi) is 5.61. The van der Waals surface area contributed by atoms with E-state index in [1.165, 1.54) is 6.42 Å². The highest BCUT2D eigenvalue weighted by molar-refractivity contribution is 5.81. The van der Waals surface area contributed by atoms with E-state index < -0.39 is 0 Å². The van der Waals surface area contributed by atoms with E-state index in [1.807, 2.05) is 13.8 Å². The normalized spacial score (nSPS) is 21.3. The van der Waals surface area contributed by atoms with Gasteiger partial charge in [0.2, 0.25) is 5.91 Å². The summed E-state index contributed by atoms with van der Waals surface area (Å²) in [6.45, 7) is 5.87. The van der Waals surface area contributed by atoms with Crippen LogP contribution in [0.1, 0.15) is 46.0 Å². The van der Waals surface area contributed by atoms with Crippen LogP contribution in [-0.4, -0.2) is 37.0 Å². The second kappa shape index (κ2) is 6.75. The van der Waals surface area contributed by atoms with Crippen LogP contribution in [0.4, 0.5) is 0 Å². The van der Waals surface area contributed by atoms with Gasteiger partial charge < -0.3 is 5.32 Å². The molecule has 0 saturated carbocycles. The third-order valence-electron chi connectivity index (χ3n) is 3.71. The van der Waals surface area contributed by atoms with Gasteiger partial charge in [-0.3, -0.25) is 9.69 Å². The molecule has 0 aliphatic carbocycles. The molecule has 102 valence electrons. The predicted molar refractivity (Wildman–Crippen MR) is 71.9 cm³/mol. The van der Waals surface area contributed by atoms with Crippen molar-refractivity contribution in [2.75, 3.05) is 20.1 Å².